The van der Waals surface area contributed by atoms with Gasteiger partial charge < -0.3 is 4.74 Å². The number of ether oxygens (including phenoxy) is 1. The predicted molar refractivity (Wildman–Crippen MR) is 120 cm³/mol. The maximum absolute atomic E-state index is 5.81. The van der Waals surface area contributed by atoms with E-state index >= 15 is 0 Å². The van der Waals surface area contributed by atoms with E-state index in [1.165, 1.54) is 121 Å². The zero-order valence-corrected chi connectivity index (χ0v) is 18.9. The summed E-state index contributed by atoms with van der Waals surface area (Å²) in [7, 11) is 0. The first-order chi connectivity index (χ1) is 12.8. The van der Waals surface area contributed by atoms with Gasteiger partial charge in [0.2, 0.25) is 0 Å². The minimum Gasteiger partial charge on any atom is -0.378 e. The van der Waals surface area contributed by atoms with Crippen LogP contribution < -0.4 is 0 Å². The van der Waals surface area contributed by atoms with E-state index in [9.17, 15) is 0 Å². The lowest BCUT2D eigenvalue weighted by Gasteiger charge is -2.22. The average molecular weight is 385 g/mol. The van der Waals surface area contributed by atoms with Crippen molar-refractivity contribution in [2.75, 3.05) is 18.1 Å². The van der Waals surface area contributed by atoms with E-state index in [4.69, 9.17) is 4.74 Å². The SMILES string of the molecule is CC(C)CCSCCCCCCCCCCCCCCC1CCCCO1. The summed E-state index contributed by atoms with van der Waals surface area (Å²) in [5.41, 5.74) is 0. The largest absolute Gasteiger partial charge is 0.378 e. The number of hydrogen-bond donors (Lipinski definition) is 0. The molecule has 0 amide bonds. The monoisotopic (exact) mass is 384 g/mol. The predicted octanol–water partition coefficient (Wildman–Crippen LogP) is 8.41. The molecule has 0 spiro atoms. The van der Waals surface area contributed by atoms with Gasteiger partial charge in [-0.2, -0.15) is 11.8 Å². The molecule has 1 atom stereocenters. The molecule has 1 heterocycles. The highest BCUT2D eigenvalue weighted by Crippen LogP contribution is 2.19. The molecule has 0 radical (unpaired) electrons. The molecule has 1 saturated heterocycles. The summed E-state index contributed by atoms with van der Waals surface area (Å²) in [4.78, 5) is 0. The third-order valence-electron chi connectivity index (χ3n) is 5.68. The molecule has 1 unspecified atom stereocenters. The van der Waals surface area contributed by atoms with Gasteiger partial charge in [0.05, 0.1) is 6.10 Å². The third kappa shape index (κ3) is 16.5. The molecule has 1 nitrogen and oxygen atoms in total. The first kappa shape index (κ1) is 24.3. The lowest BCUT2D eigenvalue weighted by molar-refractivity contribution is 0.00977. The smallest absolute Gasteiger partial charge is 0.0575 e. The van der Waals surface area contributed by atoms with Crippen LogP contribution in [0.5, 0.6) is 0 Å². The number of hydrogen-bond acceptors (Lipinski definition) is 2. The summed E-state index contributed by atoms with van der Waals surface area (Å²) < 4.78 is 5.81. The summed E-state index contributed by atoms with van der Waals surface area (Å²) in [5.74, 6) is 3.63. The summed E-state index contributed by atoms with van der Waals surface area (Å²) in [6.45, 7) is 5.67. The molecule has 1 rings (SSSR count). The second-order valence-electron chi connectivity index (χ2n) is 8.81. The Balaban J connectivity index is 1.66. The Morgan fingerprint density at radius 2 is 1.31 bits per heavy atom. The van der Waals surface area contributed by atoms with Crippen LogP contribution in [0.4, 0.5) is 0 Å². The van der Waals surface area contributed by atoms with Gasteiger partial charge >= 0.3 is 0 Å². The average Bonchev–Trinajstić information content (AvgIpc) is 2.65. The van der Waals surface area contributed by atoms with Crippen LogP contribution in [0.15, 0.2) is 0 Å². The Bertz CT molecular complexity index is 273. The zero-order chi connectivity index (χ0) is 18.7. The molecule has 2 heteroatoms. The first-order valence-electron chi connectivity index (χ1n) is 12.0. The molecule has 156 valence electrons. The van der Waals surface area contributed by atoms with Gasteiger partial charge in [-0.25, -0.2) is 0 Å². The molecule has 26 heavy (non-hydrogen) atoms. The van der Waals surface area contributed by atoms with E-state index < -0.39 is 0 Å². The Kier molecular flexibility index (Phi) is 17.5. The second kappa shape index (κ2) is 18.7. The van der Waals surface area contributed by atoms with Crippen LogP contribution in [-0.4, -0.2) is 24.2 Å². The van der Waals surface area contributed by atoms with Gasteiger partial charge in [0.1, 0.15) is 0 Å². The van der Waals surface area contributed by atoms with Gasteiger partial charge in [-0.15, -0.1) is 0 Å². The highest BCUT2D eigenvalue weighted by molar-refractivity contribution is 7.99. The van der Waals surface area contributed by atoms with Gasteiger partial charge in [-0.3, -0.25) is 0 Å². The third-order valence-corrected chi connectivity index (χ3v) is 6.78. The Hall–Kier alpha value is 0.310. The van der Waals surface area contributed by atoms with E-state index in [1.54, 1.807) is 0 Å². The van der Waals surface area contributed by atoms with Crippen molar-refractivity contribution in [3.05, 3.63) is 0 Å². The lowest BCUT2D eigenvalue weighted by atomic mass is 10.0. The molecule has 0 saturated carbocycles. The van der Waals surface area contributed by atoms with Gasteiger partial charge in [0.15, 0.2) is 0 Å². The van der Waals surface area contributed by atoms with Crippen molar-refractivity contribution in [1.82, 2.24) is 0 Å². The Labute approximate surface area is 169 Å². The Morgan fingerprint density at radius 1 is 0.731 bits per heavy atom. The Morgan fingerprint density at radius 3 is 1.85 bits per heavy atom. The number of thioether (sulfide) groups is 1. The van der Waals surface area contributed by atoms with Crippen molar-refractivity contribution >= 4 is 11.8 Å². The highest BCUT2D eigenvalue weighted by Gasteiger charge is 2.12. The minimum absolute atomic E-state index is 0.599. The van der Waals surface area contributed by atoms with E-state index in [0.29, 0.717) is 6.10 Å². The van der Waals surface area contributed by atoms with Crippen molar-refractivity contribution < 1.29 is 4.74 Å². The molecule has 0 aromatic heterocycles. The van der Waals surface area contributed by atoms with Crippen molar-refractivity contribution in [2.24, 2.45) is 5.92 Å². The fraction of sp³-hybridized carbons (Fsp3) is 1.00. The normalized spacial score (nSPS) is 17.9. The molecule has 0 aromatic rings. The highest BCUT2D eigenvalue weighted by atomic mass is 32.2. The number of rotatable bonds is 18. The van der Waals surface area contributed by atoms with Crippen LogP contribution >= 0.6 is 11.8 Å². The summed E-state index contributed by atoms with van der Waals surface area (Å²) in [5, 5.41) is 0. The van der Waals surface area contributed by atoms with Gasteiger partial charge in [0, 0.05) is 6.61 Å². The van der Waals surface area contributed by atoms with Crippen LogP contribution in [0, 0.1) is 5.92 Å². The maximum Gasteiger partial charge on any atom is 0.0575 e. The first-order valence-corrected chi connectivity index (χ1v) is 13.1. The molecular weight excluding hydrogens is 336 g/mol. The van der Waals surface area contributed by atoms with E-state index in [0.717, 1.165) is 12.5 Å². The van der Waals surface area contributed by atoms with Crippen LogP contribution in [-0.2, 0) is 4.74 Å². The van der Waals surface area contributed by atoms with Crippen LogP contribution in [0.1, 0.15) is 123 Å². The molecule has 0 bridgehead atoms. The molecule has 1 aliphatic rings. The quantitative estimate of drug-likeness (QED) is 0.219. The summed E-state index contributed by atoms with van der Waals surface area (Å²) in [6.07, 6.45) is 24.7. The summed E-state index contributed by atoms with van der Waals surface area (Å²) >= 11 is 2.17. The second-order valence-corrected chi connectivity index (χ2v) is 10.0. The van der Waals surface area contributed by atoms with Gasteiger partial charge in [-0.05, 0) is 55.9 Å². The van der Waals surface area contributed by atoms with Crippen molar-refractivity contribution in [2.45, 2.75) is 129 Å². The molecule has 0 aliphatic carbocycles. The number of unbranched alkanes of at least 4 members (excludes halogenated alkanes) is 11. The van der Waals surface area contributed by atoms with Gasteiger partial charge in [-0.1, -0.05) is 84.5 Å². The fourth-order valence-corrected chi connectivity index (χ4v) is 5.05. The molecule has 0 N–H and O–H groups in total. The maximum atomic E-state index is 5.81. The van der Waals surface area contributed by atoms with Crippen LogP contribution in [0.3, 0.4) is 0 Å². The molecule has 1 aliphatic heterocycles. The zero-order valence-electron chi connectivity index (χ0n) is 18.1. The topological polar surface area (TPSA) is 9.23 Å². The molecule has 0 aromatic carbocycles. The van der Waals surface area contributed by atoms with Crippen molar-refractivity contribution in [1.29, 1.82) is 0 Å². The standard InChI is InChI=1S/C24H48OS/c1-23(2)19-22-26-21-16-12-10-8-6-4-3-5-7-9-11-13-17-24-18-14-15-20-25-24/h23-24H,3-22H2,1-2H3. The fourth-order valence-electron chi connectivity index (χ4n) is 3.80. The van der Waals surface area contributed by atoms with Crippen molar-refractivity contribution in [3.8, 4) is 0 Å². The van der Waals surface area contributed by atoms with Crippen LogP contribution in [0.2, 0.25) is 0 Å². The van der Waals surface area contributed by atoms with Crippen LogP contribution in [0.25, 0.3) is 0 Å². The summed E-state index contributed by atoms with van der Waals surface area (Å²) in [6, 6.07) is 0. The van der Waals surface area contributed by atoms with Gasteiger partial charge in [0.25, 0.3) is 0 Å². The molecule has 1 fully saturated rings. The lowest BCUT2D eigenvalue weighted by Crippen LogP contribution is -2.18. The van der Waals surface area contributed by atoms with E-state index in [1.807, 2.05) is 0 Å². The van der Waals surface area contributed by atoms with Crippen molar-refractivity contribution in [3.63, 3.8) is 0 Å². The van der Waals surface area contributed by atoms with E-state index in [-0.39, 0.29) is 0 Å². The minimum atomic E-state index is 0.599. The van der Waals surface area contributed by atoms with E-state index in [2.05, 4.69) is 25.6 Å². The molecular formula is C24H48OS.